The molecule has 0 amide bonds. The van der Waals surface area contributed by atoms with Gasteiger partial charge in [-0.3, -0.25) is 0 Å². The monoisotopic (exact) mass is 733 g/mol. The largest absolute Gasteiger partial charge is 0.455 e. The van der Waals surface area contributed by atoms with Gasteiger partial charge in [0, 0.05) is 59.2 Å². The third kappa shape index (κ3) is 4.63. The topological polar surface area (TPSA) is 29.5 Å². The Morgan fingerprint density at radius 2 is 1.02 bits per heavy atom. The van der Waals surface area contributed by atoms with Crippen LogP contribution in [0.4, 0.5) is 17.1 Å². The Kier molecular flexibility index (Phi) is 6.80. The molecule has 0 N–H and O–H groups in total. The normalized spacial score (nSPS) is 11.9. The maximum atomic E-state index is 6.88. The molecule has 0 saturated carbocycles. The smallest absolute Gasteiger partial charge is 0.144 e. The summed E-state index contributed by atoms with van der Waals surface area (Å²) in [6.07, 6.45) is 0. The maximum absolute atomic E-state index is 6.88. The summed E-state index contributed by atoms with van der Waals surface area (Å²) in [5.74, 6) is 0. The molecule has 3 aromatic heterocycles. The van der Waals surface area contributed by atoms with Crippen LogP contribution in [0.2, 0.25) is 0 Å². The van der Waals surface area contributed by atoms with E-state index in [0.717, 1.165) is 88.4 Å². The van der Waals surface area contributed by atoms with Gasteiger partial charge in [0.25, 0.3) is 0 Å². The lowest BCUT2D eigenvalue weighted by Crippen LogP contribution is -2.11. The molecule has 9 aromatic carbocycles. The SMILES string of the molecule is c1ccc(-c2ccccc2N(c2ccc(-c3cccc4c3oc3ccccc34)cc2)c2cccc3c2sc2ccc4c5ccc6ccccc6c5oc4c23)cc1. The van der Waals surface area contributed by atoms with Gasteiger partial charge in [-0.05, 0) is 65.0 Å². The number of hydrogen-bond donors (Lipinski definition) is 0. The maximum Gasteiger partial charge on any atom is 0.144 e. The first-order valence-electron chi connectivity index (χ1n) is 18.9. The zero-order chi connectivity index (χ0) is 36.7. The molecule has 0 aliphatic carbocycles. The summed E-state index contributed by atoms with van der Waals surface area (Å²) < 4.78 is 15.7. The van der Waals surface area contributed by atoms with Crippen molar-refractivity contribution >= 4 is 103 Å². The van der Waals surface area contributed by atoms with E-state index in [0.29, 0.717) is 0 Å². The molecule has 0 aliphatic rings. The second kappa shape index (κ2) is 12.2. The van der Waals surface area contributed by atoms with Gasteiger partial charge in [-0.15, -0.1) is 11.3 Å². The first kappa shape index (κ1) is 31.2. The van der Waals surface area contributed by atoms with Crippen molar-refractivity contribution in [3.05, 3.63) is 188 Å². The minimum Gasteiger partial charge on any atom is -0.455 e. The molecule has 12 aromatic rings. The fraction of sp³-hybridized carbons (Fsp3) is 0. The molecule has 0 atom stereocenters. The van der Waals surface area contributed by atoms with Gasteiger partial charge in [0.15, 0.2) is 0 Å². The number of benzene rings is 9. The lowest BCUT2D eigenvalue weighted by molar-refractivity contribution is 0.670. The second-order valence-electron chi connectivity index (χ2n) is 14.4. The lowest BCUT2D eigenvalue weighted by atomic mass is 10.00. The van der Waals surface area contributed by atoms with Crippen LogP contribution >= 0.6 is 11.3 Å². The summed E-state index contributed by atoms with van der Waals surface area (Å²) in [5.41, 5.74) is 11.5. The summed E-state index contributed by atoms with van der Waals surface area (Å²) in [6, 6.07) is 67.1. The standard InChI is InChI=1S/C52H31NO2S/c1-2-12-32(13-3-1)36-15-6-8-21-44(36)53(35-27-24-34(25-28-35)38-18-10-19-40-39-17-7-9-23-46(39)54-49(38)40)45-22-11-20-43-48-47(56-52(43)45)31-30-42-41-29-26-33-14-4-5-16-37(33)50(41)55-51(42)48/h1-31H. The van der Waals surface area contributed by atoms with Gasteiger partial charge in [-0.2, -0.15) is 0 Å². The van der Waals surface area contributed by atoms with Crippen molar-refractivity contribution in [1.29, 1.82) is 0 Å². The highest BCUT2D eigenvalue weighted by molar-refractivity contribution is 7.26. The van der Waals surface area contributed by atoms with Crippen LogP contribution in [-0.2, 0) is 0 Å². The van der Waals surface area contributed by atoms with Crippen LogP contribution in [0.15, 0.2) is 197 Å². The number of rotatable bonds is 5. The van der Waals surface area contributed by atoms with Gasteiger partial charge >= 0.3 is 0 Å². The van der Waals surface area contributed by atoms with Crippen molar-refractivity contribution in [2.24, 2.45) is 0 Å². The number of hydrogen-bond acceptors (Lipinski definition) is 4. The van der Waals surface area contributed by atoms with E-state index in [4.69, 9.17) is 8.83 Å². The van der Waals surface area contributed by atoms with Gasteiger partial charge in [0.1, 0.15) is 22.3 Å². The summed E-state index contributed by atoms with van der Waals surface area (Å²) in [4.78, 5) is 2.43. The van der Waals surface area contributed by atoms with E-state index in [-0.39, 0.29) is 0 Å². The minimum absolute atomic E-state index is 0.903. The van der Waals surface area contributed by atoms with Crippen molar-refractivity contribution < 1.29 is 8.83 Å². The molecule has 12 rings (SSSR count). The van der Waals surface area contributed by atoms with Crippen molar-refractivity contribution in [2.45, 2.75) is 0 Å². The Morgan fingerprint density at radius 3 is 1.93 bits per heavy atom. The molecule has 0 fully saturated rings. The number of para-hydroxylation sites is 3. The Morgan fingerprint density at radius 1 is 0.375 bits per heavy atom. The third-order valence-corrected chi connectivity index (χ3v) is 12.5. The summed E-state index contributed by atoms with van der Waals surface area (Å²) in [7, 11) is 0. The molecule has 0 aliphatic heterocycles. The van der Waals surface area contributed by atoms with Crippen LogP contribution in [0.25, 0.3) is 97.1 Å². The predicted molar refractivity (Wildman–Crippen MR) is 237 cm³/mol. The van der Waals surface area contributed by atoms with Gasteiger partial charge in [0.2, 0.25) is 0 Å². The molecule has 4 heteroatoms. The van der Waals surface area contributed by atoms with E-state index in [2.05, 4.69) is 181 Å². The number of nitrogens with zero attached hydrogens (tertiary/aromatic N) is 1. The van der Waals surface area contributed by atoms with E-state index < -0.39 is 0 Å². The lowest BCUT2D eigenvalue weighted by Gasteiger charge is -2.28. The van der Waals surface area contributed by atoms with Crippen LogP contribution < -0.4 is 4.90 Å². The van der Waals surface area contributed by atoms with Gasteiger partial charge in [-0.1, -0.05) is 140 Å². The average Bonchev–Trinajstić information content (AvgIpc) is 3.96. The molecule has 262 valence electrons. The molecule has 0 radical (unpaired) electrons. The van der Waals surface area contributed by atoms with E-state index >= 15 is 0 Å². The zero-order valence-electron chi connectivity index (χ0n) is 30.1. The zero-order valence-corrected chi connectivity index (χ0v) is 30.9. The molecule has 0 unspecified atom stereocenters. The molecule has 3 nitrogen and oxygen atoms in total. The summed E-state index contributed by atoms with van der Waals surface area (Å²) >= 11 is 1.83. The summed E-state index contributed by atoms with van der Waals surface area (Å²) in [6.45, 7) is 0. The van der Waals surface area contributed by atoms with Crippen LogP contribution in [0.1, 0.15) is 0 Å². The fourth-order valence-corrected chi connectivity index (χ4v) is 9.91. The predicted octanol–water partition coefficient (Wildman–Crippen LogP) is 15.8. The Balaban J connectivity index is 1.08. The Hall–Kier alpha value is -7.14. The molecule has 0 saturated heterocycles. The number of thiophene rings is 1. The van der Waals surface area contributed by atoms with E-state index in [1.807, 2.05) is 23.5 Å². The van der Waals surface area contributed by atoms with Gasteiger partial charge in [0.05, 0.1) is 16.1 Å². The van der Waals surface area contributed by atoms with Crippen LogP contribution in [-0.4, -0.2) is 0 Å². The van der Waals surface area contributed by atoms with Crippen LogP contribution in [0.5, 0.6) is 0 Å². The van der Waals surface area contributed by atoms with Gasteiger partial charge < -0.3 is 13.7 Å². The van der Waals surface area contributed by atoms with E-state index in [1.54, 1.807) is 0 Å². The van der Waals surface area contributed by atoms with Crippen LogP contribution in [0, 0.1) is 0 Å². The fourth-order valence-electron chi connectivity index (χ4n) is 8.71. The average molecular weight is 734 g/mol. The van der Waals surface area contributed by atoms with E-state index in [1.165, 1.54) is 25.7 Å². The van der Waals surface area contributed by atoms with Crippen molar-refractivity contribution in [3.63, 3.8) is 0 Å². The summed E-state index contributed by atoms with van der Waals surface area (Å²) in [5, 5.41) is 9.22. The van der Waals surface area contributed by atoms with Crippen molar-refractivity contribution in [1.82, 2.24) is 0 Å². The molecule has 0 bridgehead atoms. The molecular weight excluding hydrogens is 703 g/mol. The van der Waals surface area contributed by atoms with Crippen molar-refractivity contribution in [2.75, 3.05) is 4.90 Å². The molecule has 0 spiro atoms. The first-order valence-corrected chi connectivity index (χ1v) is 19.7. The highest BCUT2D eigenvalue weighted by Crippen LogP contribution is 2.50. The number of furan rings is 2. The van der Waals surface area contributed by atoms with Crippen molar-refractivity contribution in [3.8, 4) is 22.3 Å². The Bertz CT molecular complexity index is 3480. The highest BCUT2D eigenvalue weighted by Gasteiger charge is 2.23. The molecular formula is C52H31NO2S. The molecule has 3 heterocycles. The third-order valence-electron chi connectivity index (χ3n) is 11.3. The van der Waals surface area contributed by atoms with Crippen LogP contribution in [0.3, 0.4) is 0 Å². The second-order valence-corrected chi connectivity index (χ2v) is 15.4. The molecule has 56 heavy (non-hydrogen) atoms. The minimum atomic E-state index is 0.903. The number of anilines is 3. The number of fused-ring (bicyclic) bond motifs is 12. The van der Waals surface area contributed by atoms with E-state index in [9.17, 15) is 0 Å². The first-order chi connectivity index (χ1) is 27.8. The highest BCUT2D eigenvalue weighted by atomic mass is 32.1. The Labute approximate surface area is 325 Å². The van der Waals surface area contributed by atoms with Gasteiger partial charge in [-0.25, -0.2) is 0 Å². The quantitative estimate of drug-likeness (QED) is 0.176.